The van der Waals surface area contributed by atoms with Crippen LogP contribution < -0.4 is 14.8 Å². The average Bonchev–Trinajstić information content (AvgIpc) is 3.49. The van der Waals surface area contributed by atoms with E-state index < -0.39 is 0 Å². The quantitative estimate of drug-likeness (QED) is 0.648. The highest BCUT2D eigenvalue weighted by Crippen LogP contribution is 2.46. The Morgan fingerprint density at radius 3 is 2.61 bits per heavy atom. The Labute approximate surface area is 163 Å². The summed E-state index contributed by atoms with van der Waals surface area (Å²) in [6.45, 7) is 0. The molecule has 0 radical (unpaired) electrons. The van der Waals surface area contributed by atoms with Crippen molar-refractivity contribution in [3.63, 3.8) is 0 Å². The standard InChI is InChI=1S/C22H23N3O3/c1-27-16-10-11-17(18(13-16)28-2)21-22(20(24-25-21)15-8-9-15)23-19(26)12-14-6-4-3-5-7-14/h3-7,10-11,13,15H,8-9,12H2,1-2H3,(H,23,26)(H,24,25). The average molecular weight is 377 g/mol. The SMILES string of the molecule is COc1ccc(-c2n[nH]c(C3CC3)c2NC(=O)Cc2ccccc2)c(OC)c1. The zero-order valence-corrected chi connectivity index (χ0v) is 16.0. The molecule has 1 fully saturated rings. The smallest absolute Gasteiger partial charge is 0.228 e. The van der Waals surface area contributed by atoms with Crippen LogP contribution in [0.4, 0.5) is 5.69 Å². The van der Waals surface area contributed by atoms with Gasteiger partial charge in [-0.05, 0) is 30.5 Å². The van der Waals surface area contributed by atoms with Crippen molar-refractivity contribution in [1.29, 1.82) is 0 Å². The maximum atomic E-state index is 12.7. The predicted molar refractivity (Wildman–Crippen MR) is 108 cm³/mol. The number of aromatic nitrogens is 2. The molecule has 2 aromatic carbocycles. The largest absolute Gasteiger partial charge is 0.497 e. The molecular formula is C22H23N3O3. The van der Waals surface area contributed by atoms with Crippen LogP contribution in [0.1, 0.15) is 30.0 Å². The van der Waals surface area contributed by atoms with Crippen LogP contribution in [-0.4, -0.2) is 30.3 Å². The van der Waals surface area contributed by atoms with E-state index in [1.807, 2.05) is 48.5 Å². The third-order valence-corrected chi connectivity index (χ3v) is 4.92. The van der Waals surface area contributed by atoms with Gasteiger partial charge in [-0.2, -0.15) is 5.10 Å². The Morgan fingerprint density at radius 2 is 1.93 bits per heavy atom. The number of anilines is 1. The summed E-state index contributed by atoms with van der Waals surface area (Å²) in [5.74, 6) is 1.70. The Morgan fingerprint density at radius 1 is 1.14 bits per heavy atom. The molecule has 144 valence electrons. The zero-order valence-electron chi connectivity index (χ0n) is 16.0. The van der Waals surface area contributed by atoms with Gasteiger partial charge in [0.05, 0.1) is 32.0 Å². The molecule has 0 aliphatic heterocycles. The summed E-state index contributed by atoms with van der Waals surface area (Å²) in [4.78, 5) is 12.7. The molecule has 28 heavy (non-hydrogen) atoms. The van der Waals surface area contributed by atoms with Gasteiger partial charge >= 0.3 is 0 Å². The topological polar surface area (TPSA) is 76.2 Å². The van der Waals surface area contributed by atoms with Crippen molar-refractivity contribution in [2.24, 2.45) is 0 Å². The number of rotatable bonds is 7. The van der Waals surface area contributed by atoms with E-state index in [0.717, 1.165) is 35.3 Å². The molecule has 0 saturated heterocycles. The van der Waals surface area contributed by atoms with Gasteiger partial charge in [-0.25, -0.2) is 0 Å². The van der Waals surface area contributed by atoms with Crippen LogP contribution >= 0.6 is 0 Å². The van der Waals surface area contributed by atoms with Crippen LogP contribution in [0.2, 0.25) is 0 Å². The Hall–Kier alpha value is -3.28. The second-order valence-electron chi connectivity index (χ2n) is 6.91. The molecule has 6 heteroatoms. The van der Waals surface area contributed by atoms with Crippen molar-refractivity contribution in [1.82, 2.24) is 10.2 Å². The van der Waals surface area contributed by atoms with E-state index in [1.165, 1.54) is 0 Å². The van der Waals surface area contributed by atoms with Crippen LogP contribution in [0.5, 0.6) is 11.5 Å². The molecule has 4 rings (SSSR count). The van der Waals surface area contributed by atoms with E-state index >= 15 is 0 Å². The molecule has 0 unspecified atom stereocenters. The van der Waals surface area contributed by atoms with Gasteiger partial charge in [-0.15, -0.1) is 0 Å². The van der Waals surface area contributed by atoms with Crippen molar-refractivity contribution in [2.75, 3.05) is 19.5 Å². The van der Waals surface area contributed by atoms with Gasteiger partial charge in [-0.3, -0.25) is 9.89 Å². The van der Waals surface area contributed by atoms with Crippen molar-refractivity contribution < 1.29 is 14.3 Å². The minimum absolute atomic E-state index is 0.0665. The lowest BCUT2D eigenvalue weighted by Crippen LogP contribution is -2.15. The van der Waals surface area contributed by atoms with Gasteiger partial charge in [0, 0.05) is 17.5 Å². The molecule has 1 amide bonds. The third kappa shape index (κ3) is 3.71. The number of carbonyl (C=O) groups is 1. The van der Waals surface area contributed by atoms with Crippen LogP contribution in [0.25, 0.3) is 11.3 Å². The number of H-pyrrole nitrogens is 1. The molecule has 1 heterocycles. The van der Waals surface area contributed by atoms with Crippen LogP contribution in [0.15, 0.2) is 48.5 Å². The minimum atomic E-state index is -0.0665. The van der Waals surface area contributed by atoms with Crippen LogP contribution in [0.3, 0.4) is 0 Å². The number of benzene rings is 2. The highest BCUT2D eigenvalue weighted by Gasteiger charge is 2.31. The lowest BCUT2D eigenvalue weighted by atomic mass is 10.1. The lowest BCUT2D eigenvalue weighted by Gasteiger charge is -2.12. The number of hydrogen-bond acceptors (Lipinski definition) is 4. The van der Waals surface area contributed by atoms with E-state index in [9.17, 15) is 4.79 Å². The number of nitrogens with zero attached hydrogens (tertiary/aromatic N) is 1. The molecular weight excluding hydrogens is 354 g/mol. The van der Waals surface area contributed by atoms with Crippen LogP contribution in [0, 0.1) is 0 Å². The summed E-state index contributed by atoms with van der Waals surface area (Å²) in [5.41, 5.74) is 4.19. The summed E-state index contributed by atoms with van der Waals surface area (Å²) in [6, 6.07) is 15.3. The highest BCUT2D eigenvalue weighted by atomic mass is 16.5. The van der Waals surface area contributed by atoms with Crippen molar-refractivity contribution in [3.8, 4) is 22.8 Å². The molecule has 0 spiro atoms. The predicted octanol–water partition coefficient (Wildman–Crippen LogP) is 4.15. The second-order valence-corrected chi connectivity index (χ2v) is 6.91. The van der Waals surface area contributed by atoms with Gasteiger partial charge in [-0.1, -0.05) is 30.3 Å². The highest BCUT2D eigenvalue weighted by molar-refractivity contribution is 5.97. The molecule has 3 aromatic rings. The van der Waals surface area contributed by atoms with Gasteiger partial charge in [0.25, 0.3) is 0 Å². The van der Waals surface area contributed by atoms with E-state index in [4.69, 9.17) is 9.47 Å². The fraction of sp³-hybridized carbons (Fsp3) is 0.273. The monoisotopic (exact) mass is 377 g/mol. The first-order chi connectivity index (χ1) is 13.7. The zero-order chi connectivity index (χ0) is 19.5. The number of aromatic amines is 1. The summed E-state index contributed by atoms with van der Waals surface area (Å²) < 4.78 is 10.8. The van der Waals surface area contributed by atoms with Crippen molar-refractivity contribution in [3.05, 3.63) is 59.8 Å². The first-order valence-electron chi connectivity index (χ1n) is 9.34. The number of ether oxygens (including phenoxy) is 2. The summed E-state index contributed by atoms with van der Waals surface area (Å²) >= 11 is 0. The summed E-state index contributed by atoms with van der Waals surface area (Å²) in [6.07, 6.45) is 2.52. The first kappa shape index (κ1) is 18.1. The number of methoxy groups -OCH3 is 2. The third-order valence-electron chi connectivity index (χ3n) is 4.92. The summed E-state index contributed by atoms with van der Waals surface area (Å²) in [5, 5.41) is 10.7. The van der Waals surface area contributed by atoms with E-state index in [0.29, 0.717) is 29.5 Å². The fourth-order valence-electron chi connectivity index (χ4n) is 3.30. The Kier molecular flexibility index (Phi) is 5.02. The van der Waals surface area contributed by atoms with Crippen LogP contribution in [-0.2, 0) is 11.2 Å². The van der Waals surface area contributed by atoms with E-state index in [1.54, 1.807) is 14.2 Å². The Bertz CT molecular complexity index is 978. The number of amides is 1. The molecule has 6 nitrogen and oxygen atoms in total. The molecule has 1 aliphatic carbocycles. The minimum Gasteiger partial charge on any atom is -0.497 e. The number of carbonyl (C=O) groups excluding carboxylic acids is 1. The molecule has 1 aliphatic rings. The van der Waals surface area contributed by atoms with Gasteiger partial charge in [0.1, 0.15) is 17.2 Å². The second kappa shape index (κ2) is 7.76. The van der Waals surface area contributed by atoms with Crippen molar-refractivity contribution in [2.45, 2.75) is 25.2 Å². The number of hydrogen-bond donors (Lipinski definition) is 2. The van der Waals surface area contributed by atoms with Crippen molar-refractivity contribution >= 4 is 11.6 Å². The molecule has 0 atom stereocenters. The fourth-order valence-corrected chi connectivity index (χ4v) is 3.30. The molecule has 0 bridgehead atoms. The van der Waals surface area contributed by atoms with E-state index in [2.05, 4.69) is 15.5 Å². The molecule has 1 aromatic heterocycles. The van der Waals surface area contributed by atoms with Gasteiger partial charge in [0.15, 0.2) is 0 Å². The lowest BCUT2D eigenvalue weighted by molar-refractivity contribution is -0.115. The maximum Gasteiger partial charge on any atom is 0.228 e. The Balaban J connectivity index is 1.67. The van der Waals surface area contributed by atoms with E-state index in [-0.39, 0.29) is 5.91 Å². The number of nitrogens with one attached hydrogen (secondary N) is 2. The first-order valence-corrected chi connectivity index (χ1v) is 9.34. The maximum absolute atomic E-state index is 12.7. The van der Waals surface area contributed by atoms with Gasteiger partial charge in [0.2, 0.25) is 5.91 Å². The summed E-state index contributed by atoms with van der Waals surface area (Å²) in [7, 11) is 3.23. The normalized spacial score (nSPS) is 13.2. The molecule has 1 saturated carbocycles. The van der Waals surface area contributed by atoms with Gasteiger partial charge < -0.3 is 14.8 Å². The molecule has 2 N–H and O–H groups in total.